The van der Waals surface area contributed by atoms with Crippen LogP contribution in [0.15, 0.2) is 24.3 Å². The third-order valence-electron chi connectivity index (χ3n) is 3.79. The van der Waals surface area contributed by atoms with Crippen LogP contribution in [0.5, 0.6) is 0 Å². The predicted octanol–water partition coefficient (Wildman–Crippen LogP) is 0.899. The number of nitrogens with one attached hydrogen (secondary N) is 1. The van der Waals surface area contributed by atoms with Gasteiger partial charge in [0, 0.05) is 25.2 Å². The third-order valence-corrected chi connectivity index (χ3v) is 3.79. The lowest BCUT2D eigenvalue weighted by Crippen LogP contribution is -2.48. The molecule has 2 unspecified atom stereocenters. The van der Waals surface area contributed by atoms with Crippen LogP contribution in [0.3, 0.4) is 0 Å². The van der Waals surface area contributed by atoms with E-state index in [4.69, 9.17) is 10.5 Å². The van der Waals surface area contributed by atoms with Crippen molar-refractivity contribution in [1.82, 2.24) is 10.2 Å². The number of rotatable bonds is 4. The molecule has 2 rings (SSSR count). The molecule has 1 aliphatic heterocycles. The van der Waals surface area contributed by atoms with Crippen LogP contribution in [0, 0.1) is 0 Å². The van der Waals surface area contributed by atoms with Gasteiger partial charge in [0.2, 0.25) is 5.91 Å². The lowest BCUT2D eigenvalue weighted by molar-refractivity contribution is -0.122. The number of benzene rings is 1. The first-order chi connectivity index (χ1) is 10.9. The SMILES string of the molecule is CC1CN(C(=O)c2ccc(CNC(=O)[C@@H](C)N)cc2)CC(C)O1. The van der Waals surface area contributed by atoms with E-state index in [1.54, 1.807) is 19.1 Å². The summed E-state index contributed by atoms with van der Waals surface area (Å²) in [7, 11) is 0. The number of carbonyl (C=O) groups excluding carboxylic acids is 2. The third kappa shape index (κ3) is 4.77. The Morgan fingerprint density at radius 1 is 1.26 bits per heavy atom. The standard InChI is InChI=1S/C17H25N3O3/c1-11-9-20(10-12(2)23-11)17(22)15-6-4-14(5-7-15)8-19-16(21)13(3)18/h4-7,11-13H,8-10,18H2,1-3H3,(H,19,21)/t11?,12?,13-/m1/s1. The van der Waals surface area contributed by atoms with Gasteiger partial charge in [-0.05, 0) is 38.5 Å². The van der Waals surface area contributed by atoms with Crippen molar-refractivity contribution < 1.29 is 14.3 Å². The van der Waals surface area contributed by atoms with Gasteiger partial charge in [0.25, 0.3) is 5.91 Å². The van der Waals surface area contributed by atoms with Crippen molar-refractivity contribution in [2.45, 2.75) is 45.6 Å². The molecule has 1 aromatic carbocycles. The number of nitrogens with zero attached hydrogens (tertiary/aromatic N) is 1. The average Bonchev–Trinajstić information content (AvgIpc) is 2.51. The van der Waals surface area contributed by atoms with E-state index in [9.17, 15) is 9.59 Å². The lowest BCUT2D eigenvalue weighted by atomic mass is 10.1. The molecule has 3 N–H and O–H groups in total. The molecule has 126 valence electrons. The molecule has 0 aliphatic carbocycles. The first kappa shape index (κ1) is 17.4. The van der Waals surface area contributed by atoms with Gasteiger partial charge >= 0.3 is 0 Å². The summed E-state index contributed by atoms with van der Waals surface area (Å²) < 4.78 is 5.65. The highest BCUT2D eigenvalue weighted by Crippen LogP contribution is 2.15. The molecule has 0 bridgehead atoms. The molecule has 0 radical (unpaired) electrons. The zero-order valence-electron chi connectivity index (χ0n) is 13.9. The zero-order chi connectivity index (χ0) is 17.0. The maximum atomic E-state index is 12.5. The summed E-state index contributed by atoms with van der Waals surface area (Å²) in [5, 5.41) is 2.75. The monoisotopic (exact) mass is 319 g/mol. The van der Waals surface area contributed by atoms with Crippen molar-refractivity contribution in [3.8, 4) is 0 Å². The maximum absolute atomic E-state index is 12.5. The number of hydrogen-bond acceptors (Lipinski definition) is 4. The van der Waals surface area contributed by atoms with Gasteiger partial charge in [0.15, 0.2) is 0 Å². The summed E-state index contributed by atoms with van der Waals surface area (Å²) in [5.74, 6) is -0.181. The molecular formula is C17H25N3O3. The van der Waals surface area contributed by atoms with Gasteiger partial charge in [0.1, 0.15) is 0 Å². The number of amides is 2. The molecule has 1 aliphatic rings. The molecule has 0 aromatic heterocycles. The summed E-state index contributed by atoms with van der Waals surface area (Å²) in [6.45, 7) is 7.20. The van der Waals surface area contributed by atoms with E-state index in [2.05, 4.69) is 5.32 Å². The van der Waals surface area contributed by atoms with Gasteiger partial charge in [0.05, 0.1) is 18.2 Å². The minimum Gasteiger partial charge on any atom is -0.372 e. The second-order valence-corrected chi connectivity index (χ2v) is 6.17. The zero-order valence-corrected chi connectivity index (χ0v) is 13.9. The highest BCUT2D eigenvalue weighted by molar-refractivity contribution is 5.94. The molecule has 0 spiro atoms. The number of hydrogen-bond donors (Lipinski definition) is 2. The quantitative estimate of drug-likeness (QED) is 0.863. The van der Waals surface area contributed by atoms with E-state index in [1.165, 1.54) is 0 Å². The largest absolute Gasteiger partial charge is 0.372 e. The van der Waals surface area contributed by atoms with E-state index >= 15 is 0 Å². The van der Waals surface area contributed by atoms with Gasteiger partial charge in [-0.15, -0.1) is 0 Å². The normalized spacial score (nSPS) is 22.5. The van der Waals surface area contributed by atoms with Crippen molar-refractivity contribution in [3.63, 3.8) is 0 Å². The number of nitrogens with two attached hydrogens (primary N) is 1. The Hall–Kier alpha value is -1.92. The fraction of sp³-hybridized carbons (Fsp3) is 0.529. The minimum atomic E-state index is -0.527. The first-order valence-corrected chi connectivity index (χ1v) is 7.93. The summed E-state index contributed by atoms with van der Waals surface area (Å²) >= 11 is 0. The van der Waals surface area contributed by atoms with Crippen molar-refractivity contribution in [1.29, 1.82) is 0 Å². The smallest absolute Gasteiger partial charge is 0.254 e. The minimum absolute atomic E-state index is 0.0122. The van der Waals surface area contributed by atoms with E-state index in [1.807, 2.05) is 30.9 Å². The van der Waals surface area contributed by atoms with Crippen LogP contribution in [-0.2, 0) is 16.1 Å². The average molecular weight is 319 g/mol. The topological polar surface area (TPSA) is 84.7 Å². The van der Waals surface area contributed by atoms with Crippen LogP contribution in [0.4, 0.5) is 0 Å². The molecule has 1 saturated heterocycles. The van der Waals surface area contributed by atoms with Crippen molar-refractivity contribution in [2.75, 3.05) is 13.1 Å². The number of ether oxygens (including phenoxy) is 1. The van der Waals surface area contributed by atoms with Gasteiger partial charge in [-0.25, -0.2) is 0 Å². The van der Waals surface area contributed by atoms with Gasteiger partial charge in [-0.3, -0.25) is 9.59 Å². The Bertz CT molecular complexity index is 547. The molecule has 1 aromatic rings. The Morgan fingerprint density at radius 3 is 2.35 bits per heavy atom. The second-order valence-electron chi connectivity index (χ2n) is 6.17. The molecule has 1 fully saturated rings. The summed E-state index contributed by atoms with van der Waals surface area (Å²) in [6.07, 6.45) is 0.103. The van der Waals surface area contributed by atoms with Crippen LogP contribution in [0.2, 0.25) is 0 Å². The molecular weight excluding hydrogens is 294 g/mol. The Morgan fingerprint density at radius 2 is 1.83 bits per heavy atom. The van der Waals surface area contributed by atoms with E-state index < -0.39 is 6.04 Å². The van der Waals surface area contributed by atoms with Gasteiger partial charge < -0.3 is 20.7 Å². The predicted molar refractivity (Wildman–Crippen MR) is 87.9 cm³/mol. The number of carbonyl (C=O) groups is 2. The van der Waals surface area contributed by atoms with E-state index in [0.717, 1.165) is 5.56 Å². The van der Waals surface area contributed by atoms with Gasteiger partial charge in [-0.1, -0.05) is 12.1 Å². The molecule has 1 heterocycles. The van der Waals surface area contributed by atoms with Crippen molar-refractivity contribution >= 4 is 11.8 Å². The Balaban J connectivity index is 1.96. The summed E-state index contributed by atoms with van der Waals surface area (Å²) in [5.41, 5.74) is 7.07. The molecule has 6 nitrogen and oxygen atoms in total. The highest BCUT2D eigenvalue weighted by Gasteiger charge is 2.26. The maximum Gasteiger partial charge on any atom is 0.254 e. The summed E-state index contributed by atoms with van der Waals surface area (Å²) in [4.78, 5) is 25.8. The van der Waals surface area contributed by atoms with E-state index in [-0.39, 0.29) is 24.0 Å². The lowest BCUT2D eigenvalue weighted by Gasteiger charge is -2.35. The van der Waals surface area contributed by atoms with Crippen molar-refractivity contribution in [2.24, 2.45) is 5.73 Å². The van der Waals surface area contributed by atoms with Crippen molar-refractivity contribution in [3.05, 3.63) is 35.4 Å². The van der Waals surface area contributed by atoms with Crippen LogP contribution < -0.4 is 11.1 Å². The molecule has 6 heteroatoms. The van der Waals surface area contributed by atoms with Crippen LogP contribution in [-0.4, -0.2) is 48.1 Å². The second kappa shape index (κ2) is 7.57. The molecule has 0 saturated carbocycles. The Kier molecular flexibility index (Phi) is 5.74. The fourth-order valence-corrected chi connectivity index (χ4v) is 2.64. The van der Waals surface area contributed by atoms with Crippen LogP contribution >= 0.6 is 0 Å². The molecule has 2 amide bonds. The van der Waals surface area contributed by atoms with E-state index in [0.29, 0.717) is 25.2 Å². The highest BCUT2D eigenvalue weighted by atomic mass is 16.5. The van der Waals surface area contributed by atoms with Crippen LogP contribution in [0.25, 0.3) is 0 Å². The first-order valence-electron chi connectivity index (χ1n) is 7.93. The molecule has 23 heavy (non-hydrogen) atoms. The van der Waals surface area contributed by atoms with Crippen LogP contribution in [0.1, 0.15) is 36.7 Å². The van der Waals surface area contributed by atoms with Gasteiger partial charge in [-0.2, -0.15) is 0 Å². The Labute approximate surface area is 137 Å². The number of morpholine rings is 1. The fourth-order valence-electron chi connectivity index (χ4n) is 2.64. The molecule has 3 atom stereocenters. The summed E-state index contributed by atoms with van der Waals surface area (Å²) in [6, 6.07) is 6.76.